The summed E-state index contributed by atoms with van der Waals surface area (Å²) in [5.74, 6) is 0.646. The van der Waals surface area contributed by atoms with Gasteiger partial charge in [-0.25, -0.2) is 4.98 Å². The van der Waals surface area contributed by atoms with Gasteiger partial charge < -0.3 is 9.30 Å². The minimum absolute atomic E-state index is 0.182. The van der Waals surface area contributed by atoms with E-state index in [-0.39, 0.29) is 11.3 Å². The van der Waals surface area contributed by atoms with Crippen molar-refractivity contribution >= 4 is 22.4 Å². The van der Waals surface area contributed by atoms with Crippen LogP contribution in [0, 0.1) is 0 Å². The molecule has 0 unspecified atom stereocenters. The van der Waals surface area contributed by atoms with Gasteiger partial charge in [-0.2, -0.15) is 0 Å². The maximum absolute atomic E-state index is 12.9. The molecule has 0 radical (unpaired) electrons. The van der Waals surface area contributed by atoms with Crippen LogP contribution in [-0.4, -0.2) is 27.0 Å². The number of hydrogen-bond acceptors (Lipinski definition) is 5. The minimum Gasteiger partial charge on any atom is -0.493 e. The van der Waals surface area contributed by atoms with Crippen LogP contribution in [0.1, 0.15) is 35.6 Å². The monoisotopic (exact) mass is 432 g/mol. The van der Waals surface area contributed by atoms with Gasteiger partial charge in [-0.15, -0.1) is 11.3 Å². The number of para-hydroxylation sites is 1. The average molecular weight is 433 g/mol. The van der Waals surface area contributed by atoms with E-state index in [0.29, 0.717) is 24.0 Å². The Bertz CT molecular complexity index is 1140. The van der Waals surface area contributed by atoms with Crippen LogP contribution in [0.5, 0.6) is 5.75 Å². The summed E-state index contributed by atoms with van der Waals surface area (Å²) in [7, 11) is 0. The van der Waals surface area contributed by atoms with Crippen molar-refractivity contribution in [1.82, 2.24) is 14.5 Å². The number of carbonyl (C=O) groups excluding carboxylic acids is 1. The first-order chi connectivity index (χ1) is 15.0. The molecule has 3 aromatic heterocycles. The number of carbonyl (C=O) groups is 1. The van der Waals surface area contributed by atoms with Crippen LogP contribution in [0.25, 0.3) is 0 Å². The lowest BCUT2D eigenvalue weighted by atomic mass is 9.91. The number of ether oxygens (including phenoxy) is 1. The van der Waals surface area contributed by atoms with E-state index in [1.165, 1.54) is 11.3 Å². The molecule has 0 bridgehead atoms. The lowest BCUT2D eigenvalue weighted by Crippen LogP contribution is -2.26. The smallest absolute Gasteiger partial charge is 0.274 e. The van der Waals surface area contributed by atoms with Gasteiger partial charge in [-0.3, -0.25) is 15.1 Å². The van der Waals surface area contributed by atoms with E-state index in [0.717, 1.165) is 17.0 Å². The molecule has 0 fully saturated rings. The number of benzene rings is 1. The molecular weight excluding hydrogens is 408 g/mol. The Hall–Kier alpha value is -3.45. The van der Waals surface area contributed by atoms with E-state index < -0.39 is 0 Å². The van der Waals surface area contributed by atoms with Crippen LogP contribution in [-0.2, 0) is 12.0 Å². The zero-order valence-corrected chi connectivity index (χ0v) is 18.3. The van der Waals surface area contributed by atoms with E-state index in [1.54, 1.807) is 12.4 Å². The summed E-state index contributed by atoms with van der Waals surface area (Å²) < 4.78 is 7.83. The molecule has 31 heavy (non-hydrogen) atoms. The van der Waals surface area contributed by atoms with Crippen molar-refractivity contribution in [3.05, 3.63) is 95.5 Å². The van der Waals surface area contributed by atoms with Crippen molar-refractivity contribution in [3.63, 3.8) is 0 Å². The standard InChI is InChI=1S/C24H24N4O2S/c1-24(2,17-30-19-7-4-3-5-8-19)21-16-31-23(26-21)27-22(29)20-9-6-14-28(20)15-18-10-12-25-13-11-18/h3-14,16H,15,17H2,1-2H3,(H,26,27,29). The largest absolute Gasteiger partial charge is 0.493 e. The summed E-state index contributed by atoms with van der Waals surface area (Å²) in [5.41, 5.74) is 2.25. The molecule has 1 amide bonds. The van der Waals surface area contributed by atoms with Gasteiger partial charge in [0.15, 0.2) is 5.13 Å². The Morgan fingerprint density at radius 1 is 1.10 bits per heavy atom. The molecule has 4 aromatic rings. The summed E-state index contributed by atoms with van der Waals surface area (Å²) in [5, 5.41) is 5.48. The van der Waals surface area contributed by atoms with E-state index in [2.05, 4.69) is 29.1 Å². The average Bonchev–Trinajstić information content (AvgIpc) is 3.44. The molecule has 0 saturated heterocycles. The number of anilines is 1. The molecule has 0 atom stereocenters. The van der Waals surface area contributed by atoms with Crippen molar-refractivity contribution < 1.29 is 9.53 Å². The first-order valence-electron chi connectivity index (χ1n) is 10.0. The quantitative estimate of drug-likeness (QED) is 0.426. The summed E-state index contributed by atoms with van der Waals surface area (Å²) >= 11 is 1.42. The topological polar surface area (TPSA) is 69.0 Å². The maximum atomic E-state index is 12.9. The lowest BCUT2D eigenvalue weighted by Gasteiger charge is -2.22. The van der Waals surface area contributed by atoms with Gasteiger partial charge in [0.1, 0.15) is 11.4 Å². The fourth-order valence-electron chi connectivity index (χ4n) is 3.10. The van der Waals surface area contributed by atoms with Gasteiger partial charge in [0.25, 0.3) is 5.91 Å². The number of aromatic nitrogens is 3. The van der Waals surface area contributed by atoms with E-state index in [4.69, 9.17) is 4.74 Å². The molecule has 3 heterocycles. The molecule has 1 N–H and O–H groups in total. The molecule has 4 rings (SSSR count). The third-order valence-corrected chi connectivity index (χ3v) is 5.68. The molecular formula is C24H24N4O2S. The predicted molar refractivity (Wildman–Crippen MR) is 123 cm³/mol. The Balaban J connectivity index is 1.41. The Kier molecular flexibility index (Phi) is 6.13. The summed E-state index contributed by atoms with van der Waals surface area (Å²) in [4.78, 5) is 21.5. The molecule has 6 nitrogen and oxygen atoms in total. The van der Waals surface area contributed by atoms with Crippen LogP contribution in [0.3, 0.4) is 0 Å². The van der Waals surface area contributed by atoms with Crippen LogP contribution >= 0.6 is 11.3 Å². The van der Waals surface area contributed by atoms with E-state index >= 15 is 0 Å². The highest BCUT2D eigenvalue weighted by molar-refractivity contribution is 7.14. The highest BCUT2D eigenvalue weighted by Crippen LogP contribution is 2.28. The second-order valence-electron chi connectivity index (χ2n) is 7.85. The van der Waals surface area contributed by atoms with Crippen molar-refractivity contribution in [2.24, 2.45) is 0 Å². The molecule has 0 spiro atoms. The molecule has 0 aliphatic heterocycles. The van der Waals surface area contributed by atoms with E-state index in [9.17, 15) is 4.79 Å². The van der Waals surface area contributed by atoms with Crippen molar-refractivity contribution in [2.45, 2.75) is 25.8 Å². The maximum Gasteiger partial charge on any atom is 0.274 e. The zero-order valence-electron chi connectivity index (χ0n) is 17.5. The van der Waals surface area contributed by atoms with Crippen LogP contribution in [0.4, 0.5) is 5.13 Å². The molecule has 1 aromatic carbocycles. The molecule has 7 heteroatoms. The number of rotatable bonds is 8. The third kappa shape index (κ3) is 5.19. The van der Waals surface area contributed by atoms with Crippen LogP contribution < -0.4 is 10.1 Å². The Morgan fingerprint density at radius 3 is 2.65 bits per heavy atom. The lowest BCUT2D eigenvalue weighted by molar-refractivity contribution is 0.101. The number of thiazole rings is 1. The van der Waals surface area contributed by atoms with Gasteiger partial charge in [0.05, 0.1) is 12.3 Å². The molecule has 0 saturated carbocycles. The number of amides is 1. The molecule has 0 aliphatic carbocycles. The van der Waals surface area contributed by atoms with E-state index in [1.807, 2.05) is 70.7 Å². The Morgan fingerprint density at radius 2 is 1.87 bits per heavy atom. The zero-order chi connectivity index (χ0) is 21.7. The van der Waals surface area contributed by atoms with Crippen LogP contribution in [0.2, 0.25) is 0 Å². The predicted octanol–water partition coefficient (Wildman–Crippen LogP) is 5.00. The van der Waals surface area contributed by atoms with Gasteiger partial charge in [-0.1, -0.05) is 32.0 Å². The van der Waals surface area contributed by atoms with Gasteiger partial charge in [0.2, 0.25) is 0 Å². The summed E-state index contributed by atoms with van der Waals surface area (Å²) in [6, 6.07) is 17.3. The van der Waals surface area contributed by atoms with Gasteiger partial charge in [0, 0.05) is 35.9 Å². The molecule has 0 aliphatic rings. The Labute approximate surface area is 185 Å². The fraction of sp³-hybridized carbons (Fsp3) is 0.208. The SMILES string of the molecule is CC(C)(COc1ccccc1)c1csc(NC(=O)c2cccn2Cc2ccncc2)n1. The van der Waals surface area contributed by atoms with Gasteiger partial charge >= 0.3 is 0 Å². The first-order valence-corrected chi connectivity index (χ1v) is 10.9. The van der Waals surface area contributed by atoms with Crippen molar-refractivity contribution in [1.29, 1.82) is 0 Å². The van der Waals surface area contributed by atoms with Crippen LogP contribution in [0.15, 0.2) is 78.6 Å². The summed E-state index contributed by atoms with van der Waals surface area (Å²) in [6.45, 7) is 5.25. The number of pyridine rings is 1. The van der Waals surface area contributed by atoms with Gasteiger partial charge in [-0.05, 0) is 42.0 Å². The second kappa shape index (κ2) is 9.14. The highest BCUT2D eigenvalue weighted by atomic mass is 32.1. The number of nitrogens with zero attached hydrogens (tertiary/aromatic N) is 3. The highest BCUT2D eigenvalue weighted by Gasteiger charge is 2.25. The fourth-order valence-corrected chi connectivity index (χ4v) is 4.00. The summed E-state index contributed by atoms with van der Waals surface area (Å²) in [6.07, 6.45) is 5.39. The minimum atomic E-state index is -0.295. The number of hydrogen-bond donors (Lipinski definition) is 1. The van der Waals surface area contributed by atoms with Crippen molar-refractivity contribution in [3.8, 4) is 5.75 Å². The molecule has 158 valence electrons. The third-order valence-electron chi connectivity index (χ3n) is 4.93. The second-order valence-corrected chi connectivity index (χ2v) is 8.71. The number of nitrogens with one attached hydrogen (secondary N) is 1. The first kappa shape index (κ1) is 20.8. The van der Waals surface area contributed by atoms with Crippen molar-refractivity contribution in [2.75, 3.05) is 11.9 Å². The normalized spacial score (nSPS) is 11.3.